The first kappa shape index (κ1) is 12.5. The van der Waals surface area contributed by atoms with Crippen LogP contribution in [0.15, 0.2) is 24.3 Å². The van der Waals surface area contributed by atoms with Crippen LogP contribution in [0.2, 0.25) is 0 Å². The second kappa shape index (κ2) is 5.51. The summed E-state index contributed by atoms with van der Waals surface area (Å²) in [5.74, 6) is 0.669. The van der Waals surface area contributed by atoms with Gasteiger partial charge in [-0.15, -0.1) is 0 Å². The van der Waals surface area contributed by atoms with Crippen LogP contribution in [0, 0.1) is 0 Å². The topological polar surface area (TPSA) is 55.6 Å². The van der Waals surface area contributed by atoms with E-state index in [1.54, 1.807) is 19.1 Å². The van der Waals surface area contributed by atoms with Crippen LogP contribution in [0.1, 0.15) is 13.3 Å². The summed E-state index contributed by atoms with van der Waals surface area (Å²) in [6.45, 7) is 1.81. The highest BCUT2D eigenvalue weighted by Crippen LogP contribution is 2.26. The zero-order chi connectivity index (χ0) is 12.1. The van der Waals surface area contributed by atoms with Gasteiger partial charge in [-0.25, -0.2) is 0 Å². The van der Waals surface area contributed by atoms with E-state index in [0.717, 1.165) is 5.69 Å². The lowest BCUT2D eigenvalue weighted by atomic mass is 10.2. The quantitative estimate of drug-likeness (QED) is 0.837. The average molecular weight is 222 g/mol. The van der Waals surface area contributed by atoms with Crippen molar-refractivity contribution >= 4 is 11.6 Å². The van der Waals surface area contributed by atoms with Crippen LogP contribution in [-0.2, 0) is 4.79 Å². The Hall–Kier alpha value is -1.55. The lowest BCUT2D eigenvalue weighted by molar-refractivity contribution is -0.118. The van der Waals surface area contributed by atoms with Crippen molar-refractivity contribution in [2.24, 2.45) is 5.73 Å². The molecule has 0 bridgehead atoms. The van der Waals surface area contributed by atoms with E-state index in [9.17, 15) is 4.79 Å². The van der Waals surface area contributed by atoms with Crippen LogP contribution in [0.3, 0.4) is 0 Å². The van der Waals surface area contributed by atoms with Gasteiger partial charge < -0.3 is 15.4 Å². The maximum atomic E-state index is 11.8. The molecule has 1 atom stereocenters. The fourth-order valence-electron chi connectivity index (χ4n) is 1.45. The third-order valence-corrected chi connectivity index (χ3v) is 2.32. The van der Waals surface area contributed by atoms with E-state index in [0.29, 0.717) is 12.2 Å². The smallest absolute Gasteiger partial charge is 0.228 e. The summed E-state index contributed by atoms with van der Waals surface area (Å²) < 4.78 is 5.20. The molecule has 1 rings (SSSR count). The summed E-state index contributed by atoms with van der Waals surface area (Å²) >= 11 is 0. The van der Waals surface area contributed by atoms with E-state index < -0.39 is 0 Å². The maximum Gasteiger partial charge on any atom is 0.228 e. The average Bonchev–Trinajstić information content (AvgIpc) is 2.27. The van der Waals surface area contributed by atoms with Gasteiger partial charge in [-0.3, -0.25) is 4.79 Å². The number of nitrogens with two attached hydrogens (primary N) is 1. The Bertz CT molecular complexity index is 364. The van der Waals surface area contributed by atoms with Crippen LogP contribution < -0.4 is 15.4 Å². The van der Waals surface area contributed by atoms with Crippen molar-refractivity contribution in [3.8, 4) is 5.75 Å². The zero-order valence-electron chi connectivity index (χ0n) is 9.93. The van der Waals surface area contributed by atoms with Crippen LogP contribution in [0.4, 0.5) is 5.69 Å². The molecule has 2 N–H and O–H groups in total. The monoisotopic (exact) mass is 222 g/mol. The summed E-state index contributed by atoms with van der Waals surface area (Å²) in [5.41, 5.74) is 6.36. The zero-order valence-corrected chi connectivity index (χ0v) is 9.93. The van der Waals surface area contributed by atoms with Crippen molar-refractivity contribution < 1.29 is 9.53 Å². The molecule has 0 aliphatic carbocycles. The fraction of sp³-hybridized carbons (Fsp3) is 0.417. The summed E-state index contributed by atoms with van der Waals surface area (Å²) in [4.78, 5) is 13.4. The Kier molecular flexibility index (Phi) is 4.31. The van der Waals surface area contributed by atoms with Gasteiger partial charge in [0.25, 0.3) is 0 Å². The van der Waals surface area contributed by atoms with Gasteiger partial charge in [0.15, 0.2) is 0 Å². The Morgan fingerprint density at radius 1 is 1.50 bits per heavy atom. The van der Waals surface area contributed by atoms with E-state index >= 15 is 0 Å². The molecule has 0 aliphatic rings. The van der Waals surface area contributed by atoms with Gasteiger partial charge in [-0.2, -0.15) is 0 Å². The number of hydrogen-bond acceptors (Lipinski definition) is 3. The molecule has 4 nitrogen and oxygen atoms in total. The molecular formula is C12H18N2O2. The van der Waals surface area contributed by atoms with Crippen molar-refractivity contribution in [1.82, 2.24) is 0 Å². The van der Waals surface area contributed by atoms with E-state index in [-0.39, 0.29) is 11.9 Å². The highest BCUT2D eigenvalue weighted by molar-refractivity contribution is 5.94. The molecule has 0 saturated carbocycles. The largest absolute Gasteiger partial charge is 0.495 e. The molecule has 0 aliphatic heterocycles. The van der Waals surface area contributed by atoms with Crippen molar-refractivity contribution in [3.63, 3.8) is 0 Å². The van der Waals surface area contributed by atoms with Gasteiger partial charge in [0.2, 0.25) is 5.91 Å². The number of ether oxygens (including phenoxy) is 1. The van der Waals surface area contributed by atoms with Crippen molar-refractivity contribution in [1.29, 1.82) is 0 Å². The lowest BCUT2D eigenvalue weighted by Crippen LogP contribution is -2.31. The Balaban J connectivity index is 2.87. The SMILES string of the molecule is COc1ccccc1N(C)C(=O)CC(C)N. The normalized spacial score (nSPS) is 12.0. The molecule has 0 fully saturated rings. The molecular weight excluding hydrogens is 204 g/mol. The number of para-hydroxylation sites is 2. The second-order valence-corrected chi connectivity index (χ2v) is 3.81. The molecule has 0 saturated heterocycles. The number of rotatable bonds is 4. The van der Waals surface area contributed by atoms with Crippen molar-refractivity contribution in [3.05, 3.63) is 24.3 Å². The predicted octanol–water partition coefficient (Wildman–Crippen LogP) is 1.40. The minimum Gasteiger partial charge on any atom is -0.495 e. The molecule has 1 aromatic rings. The summed E-state index contributed by atoms with van der Waals surface area (Å²) in [6.07, 6.45) is 0.328. The molecule has 16 heavy (non-hydrogen) atoms. The fourth-order valence-corrected chi connectivity index (χ4v) is 1.45. The van der Waals surface area contributed by atoms with E-state index in [2.05, 4.69) is 0 Å². The van der Waals surface area contributed by atoms with Gasteiger partial charge in [0.1, 0.15) is 5.75 Å². The molecule has 1 aromatic carbocycles. The second-order valence-electron chi connectivity index (χ2n) is 3.81. The number of anilines is 1. The molecule has 88 valence electrons. The van der Waals surface area contributed by atoms with Gasteiger partial charge in [-0.05, 0) is 19.1 Å². The Labute approximate surface area is 96.0 Å². The molecule has 0 spiro atoms. The molecule has 4 heteroatoms. The first-order valence-electron chi connectivity index (χ1n) is 5.21. The predicted molar refractivity (Wildman–Crippen MR) is 64.7 cm³/mol. The highest BCUT2D eigenvalue weighted by atomic mass is 16.5. The van der Waals surface area contributed by atoms with Gasteiger partial charge in [-0.1, -0.05) is 12.1 Å². The van der Waals surface area contributed by atoms with Crippen LogP contribution in [0.5, 0.6) is 5.75 Å². The number of benzene rings is 1. The van der Waals surface area contributed by atoms with Crippen LogP contribution in [-0.4, -0.2) is 26.1 Å². The Morgan fingerprint density at radius 3 is 2.69 bits per heavy atom. The standard InChI is InChI=1S/C12H18N2O2/c1-9(13)8-12(15)14(2)10-6-4-5-7-11(10)16-3/h4-7,9H,8,13H2,1-3H3. The number of carbonyl (C=O) groups is 1. The first-order chi connectivity index (χ1) is 7.56. The van der Waals surface area contributed by atoms with E-state index in [1.165, 1.54) is 0 Å². The van der Waals surface area contributed by atoms with Gasteiger partial charge >= 0.3 is 0 Å². The number of methoxy groups -OCH3 is 1. The third-order valence-electron chi connectivity index (χ3n) is 2.32. The molecule has 0 heterocycles. The third kappa shape index (κ3) is 2.97. The highest BCUT2D eigenvalue weighted by Gasteiger charge is 2.15. The molecule has 1 unspecified atom stereocenters. The number of nitrogens with zero attached hydrogens (tertiary/aromatic N) is 1. The van der Waals surface area contributed by atoms with Crippen molar-refractivity contribution in [2.45, 2.75) is 19.4 Å². The summed E-state index contributed by atoms with van der Waals surface area (Å²) in [7, 11) is 3.31. The molecule has 1 amide bonds. The Morgan fingerprint density at radius 2 is 2.12 bits per heavy atom. The minimum atomic E-state index is -0.135. The maximum absolute atomic E-state index is 11.8. The van der Waals surface area contributed by atoms with Crippen LogP contribution in [0.25, 0.3) is 0 Å². The van der Waals surface area contributed by atoms with Gasteiger partial charge in [0, 0.05) is 19.5 Å². The lowest BCUT2D eigenvalue weighted by Gasteiger charge is -2.20. The van der Waals surface area contributed by atoms with E-state index in [4.69, 9.17) is 10.5 Å². The summed E-state index contributed by atoms with van der Waals surface area (Å²) in [6, 6.07) is 7.27. The van der Waals surface area contributed by atoms with E-state index in [1.807, 2.05) is 31.2 Å². The van der Waals surface area contributed by atoms with Crippen LogP contribution >= 0.6 is 0 Å². The minimum absolute atomic E-state index is 0.0144. The number of amides is 1. The summed E-state index contributed by atoms with van der Waals surface area (Å²) in [5, 5.41) is 0. The number of carbonyl (C=O) groups excluding carboxylic acids is 1. The number of hydrogen-bond donors (Lipinski definition) is 1. The van der Waals surface area contributed by atoms with Crippen molar-refractivity contribution in [2.75, 3.05) is 19.1 Å². The first-order valence-corrected chi connectivity index (χ1v) is 5.21. The molecule has 0 radical (unpaired) electrons. The molecule has 0 aromatic heterocycles. The van der Waals surface area contributed by atoms with Gasteiger partial charge in [0.05, 0.1) is 12.8 Å².